The number of imidazole rings is 1. The molecule has 0 aliphatic rings. The summed E-state index contributed by atoms with van der Waals surface area (Å²) < 4.78 is 3.82. The number of pyridine rings is 4. The van der Waals surface area contributed by atoms with E-state index in [1.165, 1.54) is 0 Å². The Morgan fingerprint density at radius 3 is 2.06 bits per heavy atom. The van der Waals surface area contributed by atoms with E-state index in [9.17, 15) is 0 Å². The lowest BCUT2D eigenvalue weighted by Crippen LogP contribution is -2.01. The largest absolute Gasteiger partial charge is 0.298 e. The Labute approximate surface area is 182 Å². The van der Waals surface area contributed by atoms with Crippen LogP contribution in [-0.4, -0.2) is 39.1 Å². The van der Waals surface area contributed by atoms with Gasteiger partial charge in [-0.2, -0.15) is 4.68 Å². The summed E-state index contributed by atoms with van der Waals surface area (Å²) in [4.78, 5) is 22.5. The predicted octanol–water partition coefficient (Wildman–Crippen LogP) is 4.10. The van der Waals surface area contributed by atoms with Crippen molar-refractivity contribution in [2.75, 3.05) is 0 Å². The maximum Gasteiger partial charge on any atom is 0.200 e. The molecule has 152 valence electrons. The van der Waals surface area contributed by atoms with Gasteiger partial charge in [-0.15, -0.1) is 5.10 Å². The molecular weight excluding hydrogens is 400 g/mol. The van der Waals surface area contributed by atoms with Crippen molar-refractivity contribution in [1.82, 2.24) is 39.1 Å². The van der Waals surface area contributed by atoms with Crippen molar-refractivity contribution in [2.45, 2.75) is 0 Å². The Kier molecular flexibility index (Phi) is 4.25. The molecule has 32 heavy (non-hydrogen) atoms. The minimum atomic E-state index is 0.528. The van der Waals surface area contributed by atoms with Crippen LogP contribution in [0.15, 0.2) is 97.8 Å². The highest BCUT2D eigenvalue weighted by Crippen LogP contribution is 2.29. The van der Waals surface area contributed by atoms with Crippen LogP contribution < -0.4 is 0 Å². The second-order valence-electron chi connectivity index (χ2n) is 7.07. The molecule has 0 amide bonds. The Balaban J connectivity index is 1.63. The highest BCUT2D eigenvalue weighted by atomic mass is 15.4. The highest BCUT2D eigenvalue weighted by molar-refractivity contribution is 5.73. The Morgan fingerprint density at radius 1 is 0.625 bits per heavy atom. The second-order valence-corrected chi connectivity index (χ2v) is 7.07. The molecule has 0 saturated heterocycles. The molecule has 0 saturated carbocycles. The summed E-state index contributed by atoms with van der Waals surface area (Å²) in [5.41, 5.74) is 3.45. The maximum atomic E-state index is 4.98. The minimum absolute atomic E-state index is 0.528. The first-order valence-corrected chi connectivity index (χ1v) is 10.1. The van der Waals surface area contributed by atoms with Crippen molar-refractivity contribution in [3.8, 4) is 40.1 Å². The van der Waals surface area contributed by atoms with Gasteiger partial charge in [0.05, 0.1) is 5.52 Å². The van der Waals surface area contributed by atoms with Gasteiger partial charge < -0.3 is 0 Å². The van der Waals surface area contributed by atoms with Gasteiger partial charge in [-0.05, 0) is 48.5 Å². The zero-order valence-electron chi connectivity index (χ0n) is 16.8. The summed E-state index contributed by atoms with van der Waals surface area (Å²) in [5, 5.41) is 4.82. The van der Waals surface area contributed by atoms with Crippen LogP contribution in [0.4, 0.5) is 0 Å². The number of nitrogens with zero attached hydrogens (tertiary/aromatic N) is 8. The zero-order chi connectivity index (χ0) is 21.3. The zero-order valence-corrected chi connectivity index (χ0v) is 16.8. The van der Waals surface area contributed by atoms with E-state index in [4.69, 9.17) is 15.1 Å². The number of fused-ring (bicyclic) bond motifs is 1. The smallest absolute Gasteiger partial charge is 0.200 e. The van der Waals surface area contributed by atoms with Crippen LogP contribution in [-0.2, 0) is 0 Å². The first-order valence-electron chi connectivity index (χ1n) is 10.1. The third kappa shape index (κ3) is 3.02. The van der Waals surface area contributed by atoms with Gasteiger partial charge in [-0.1, -0.05) is 12.1 Å². The number of aromatic nitrogens is 8. The topological polar surface area (TPSA) is 86.7 Å². The molecule has 0 radical (unpaired) electrons. The highest BCUT2D eigenvalue weighted by Gasteiger charge is 2.21. The molecule has 8 nitrogen and oxygen atoms in total. The van der Waals surface area contributed by atoms with Gasteiger partial charge in [0.1, 0.15) is 11.5 Å². The lowest BCUT2D eigenvalue weighted by molar-refractivity contribution is 0.869. The molecule has 6 aromatic heterocycles. The van der Waals surface area contributed by atoms with Gasteiger partial charge >= 0.3 is 0 Å². The SMILES string of the molecule is c1ccc(-c2nc(-c3ccncc3)n(-c3nc(-c4ccncc4)n4ccccc34)n2)nc1. The summed E-state index contributed by atoms with van der Waals surface area (Å²) in [6.07, 6.45) is 10.7. The third-order valence-corrected chi connectivity index (χ3v) is 5.11. The average molecular weight is 416 g/mol. The summed E-state index contributed by atoms with van der Waals surface area (Å²) in [7, 11) is 0. The van der Waals surface area contributed by atoms with E-state index in [-0.39, 0.29) is 0 Å². The van der Waals surface area contributed by atoms with Gasteiger partial charge in [0, 0.05) is 48.3 Å². The van der Waals surface area contributed by atoms with E-state index in [1.807, 2.05) is 71.3 Å². The molecule has 0 atom stereocenters. The lowest BCUT2D eigenvalue weighted by Gasteiger charge is -2.03. The molecule has 0 aromatic carbocycles. The molecule has 0 fully saturated rings. The second kappa shape index (κ2) is 7.51. The molecule has 0 spiro atoms. The molecule has 0 unspecified atom stereocenters. The maximum absolute atomic E-state index is 4.98. The fourth-order valence-electron chi connectivity index (χ4n) is 3.63. The van der Waals surface area contributed by atoms with E-state index < -0.39 is 0 Å². The first-order chi connectivity index (χ1) is 15.9. The van der Waals surface area contributed by atoms with Gasteiger partial charge in [0.15, 0.2) is 11.6 Å². The van der Waals surface area contributed by atoms with Crippen molar-refractivity contribution >= 4 is 5.52 Å². The minimum Gasteiger partial charge on any atom is -0.298 e. The molecule has 0 N–H and O–H groups in total. The van der Waals surface area contributed by atoms with Crippen molar-refractivity contribution in [1.29, 1.82) is 0 Å². The van der Waals surface area contributed by atoms with E-state index in [1.54, 1.807) is 35.7 Å². The van der Waals surface area contributed by atoms with Crippen molar-refractivity contribution < 1.29 is 0 Å². The standard InChI is InChI=1S/C24H16N8/c1-3-11-27-19(5-1)21-28-23(18-9-14-26-15-10-18)32(30-21)24-20-6-2-4-16-31(20)22(29-24)17-7-12-25-13-8-17/h1-16H. The number of hydrogen-bond donors (Lipinski definition) is 0. The van der Waals surface area contributed by atoms with E-state index in [0.29, 0.717) is 23.2 Å². The van der Waals surface area contributed by atoms with E-state index in [2.05, 4.69) is 15.0 Å². The molecule has 6 rings (SSSR count). The molecule has 0 aliphatic heterocycles. The van der Waals surface area contributed by atoms with E-state index >= 15 is 0 Å². The Bertz CT molecular complexity index is 1510. The fourth-order valence-corrected chi connectivity index (χ4v) is 3.63. The van der Waals surface area contributed by atoms with Crippen LogP contribution >= 0.6 is 0 Å². The summed E-state index contributed by atoms with van der Waals surface area (Å²) in [6.45, 7) is 0. The van der Waals surface area contributed by atoms with Crippen LogP contribution in [0.2, 0.25) is 0 Å². The summed E-state index contributed by atoms with van der Waals surface area (Å²) in [6, 6.07) is 19.4. The molecule has 6 aromatic rings. The Morgan fingerprint density at radius 2 is 1.34 bits per heavy atom. The van der Waals surface area contributed by atoms with Crippen molar-refractivity contribution in [3.05, 3.63) is 97.8 Å². The summed E-state index contributed by atoms with van der Waals surface area (Å²) in [5.74, 6) is 2.67. The normalized spacial score (nSPS) is 11.1. The molecule has 8 heteroatoms. The molecule has 6 heterocycles. The average Bonchev–Trinajstić information content (AvgIpc) is 3.48. The third-order valence-electron chi connectivity index (χ3n) is 5.11. The molecule has 0 aliphatic carbocycles. The lowest BCUT2D eigenvalue weighted by atomic mass is 10.2. The number of hydrogen-bond acceptors (Lipinski definition) is 6. The molecule has 0 bridgehead atoms. The van der Waals surface area contributed by atoms with Gasteiger partial charge in [-0.25, -0.2) is 9.97 Å². The van der Waals surface area contributed by atoms with Gasteiger partial charge in [0.2, 0.25) is 5.82 Å². The first kappa shape index (κ1) is 18.1. The van der Waals surface area contributed by atoms with Crippen LogP contribution in [0.5, 0.6) is 0 Å². The van der Waals surface area contributed by atoms with Crippen molar-refractivity contribution in [2.24, 2.45) is 0 Å². The number of rotatable bonds is 4. The fraction of sp³-hybridized carbons (Fsp3) is 0. The molecular formula is C24H16N8. The van der Waals surface area contributed by atoms with Crippen LogP contribution in [0.1, 0.15) is 0 Å². The van der Waals surface area contributed by atoms with E-state index in [0.717, 1.165) is 22.5 Å². The Hall–Kier alpha value is -4.72. The predicted molar refractivity (Wildman–Crippen MR) is 120 cm³/mol. The van der Waals surface area contributed by atoms with Crippen LogP contribution in [0, 0.1) is 0 Å². The summed E-state index contributed by atoms with van der Waals surface area (Å²) >= 11 is 0. The van der Waals surface area contributed by atoms with Crippen molar-refractivity contribution in [3.63, 3.8) is 0 Å². The van der Waals surface area contributed by atoms with Gasteiger partial charge in [0.25, 0.3) is 0 Å². The quantitative estimate of drug-likeness (QED) is 0.430. The van der Waals surface area contributed by atoms with Gasteiger partial charge in [-0.3, -0.25) is 19.4 Å². The monoisotopic (exact) mass is 416 g/mol. The van der Waals surface area contributed by atoms with Crippen LogP contribution in [0.3, 0.4) is 0 Å². The van der Waals surface area contributed by atoms with Crippen LogP contribution in [0.25, 0.3) is 45.6 Å².